The van der Waals surface area contributed by atoms with E-state index in [0.717, 1.165) is 35.7 Å². The van der Waals surface area contributed by atoms with E-state index < -0.39 is 0 Å². The Morgan fingerprint density at radius 3 is 3.13 bits per heavy atom. The van der Waals surface area contributed by atoms with Gasteiger partial charge in [-0.1, -0.05) is 0 Å². The van der Waals surface area contributed by atoms with Gasteiger partial charge >= 0.3 is 0 Å². The Hall–Kier alpha value is -1.26. The third-order valence-corrected chi connectivity index (χ3v) is 2.54. The molecule has 0 saturated heterocycles. The Bertz CT molecular complexity index is 495. The van der Waals surface area contributed by atoms with Gasteiger partial charge in [-0.2, -0.15) is 0 Å². The highest BCUT2D eigenvalue weighted by atomic mass is 35.5. The first-order valence-electron chi connectivity index (χ1n) is 4.67. The van der Waals surface area contributed by atoms with E-state index in [1.54, 1.807) is 0 Å². The van der Waals surface area contributed by atoms with Crippen molar-refractivity contribution in [2.45, 2.75) is 13.2 Å². The second-order valence-electron chi connectivity index (χ2n) is 3.48. The van der Waals surface area contributed by atoms with Gasteiger partial charge in [-0.25, -0.2) is 4.98 Å². The maximum absolute atomic E-state index is 5.70. The van der Waals surface area contributed by atoms with Crippen LogP contribution in [0.3, 0.4) is 0 Å². The Kier molecular flexibility index (Phi) is 2.54. The van der Waals surface area contributed by atoms with Crippen LogP contribution in [0, 0.1) is 0 Å². The van der Waals surface area contributed by atoms with Gasteiger partial charge in [0.15, 0.2) is 0 Å². The average Bonchev–Trinajstić information content (AvgIpc) is 2.54. The number of nitrogens with two attached hydrogens (primary N) is 1. The van der Waals surface area contributed by atoms with Gasteiger partial charge in [-0.05, 0) is 18.2 Å². The number of nitrogen functional groups attached to an aromatic ring is 1. The summed E-state index contributed by atoms with van der Waals surface area (Å²) in [5.74, 6) is 0.997. The number of anilines is 1. The molecule has 3 rings (SSSR count). The lowest BCUT2D eigenvalue weighted by Crippen LogP contribution is -2.16. The van der Waals surface area contributed by atoms with E-state index in [9.17, 15) is 0 Å². The van der Waals surface area contributed by atoms with Gasteiger partial charge < -0.3 is 15.0 Å². The second-order valence-corrected chi connectivity index (χ2v) is 3.48. The van der Waals surface area contributed by atoms with Crippen LogP contribution in [-0.2, 0) is 17.9 Å². The minimum absolute atomic E-state index is 0. The van der Waals surface area contributed by atoms with Crippen LogP contribution in [-0.4, -0.2) is 16.2 Å². The molecule has 2 heterocycles. The number of halogens is 1. The Labute approximate surface area is 93.4 Å². The van der Waals surface area contributed by atoms with Crippen molar-refractivity contribution in [3.05, 3.63) is 24.0 Å². The minimum atomic E-state index is 0. The van der Waals surface area contributed by atoms with Crippen molar-refractivity contribution in [2.24, 2.45) is 0 Å². The number of imidazole rings is 1. The minimum Gasteiger partial charge on any atom is -0.399 e. The molecule has 1 aromatic carbocycles. The normalized spacial score (nSPS) is 14.7. The van der Waals surface area contributed by atoms with E-state index in [2.05, 4.69) is 9.55 Å². The van der Waals surface area contributed by atoms with Gasteiger partial charge in [0, 0.05) is 12.2 Å². The van der Waals surface area contributed by atoms with Crippen molar-refractivity contribution in [3.63, 3.8) is 0 Å². The molecule has 4 nitrogen and oxygen atoms in total. The molecule has 0 saturated carbocycles. The zero-order valence-electron chi connectivity index (χ0n) is 8.14. The molecule has 1 aliphatic rings. The van der Waals surface area contributed by atoms with E-state index in [1.807, 2.05) is 18.2 Å². The third-order valence-electron chi connectivity index (χ3n) is 2.54. The highest BCUT2D eigenvalue weighted by molar-refractivity contribution is 5.85. The number of benzene rings is 1. The lowest BCUT2D eigenvalue weighted by atomic mass is 10.3. The van der Waals surface area contributed by atoms with Crippen molar-refractivity contribution < 1.29 is 4.74 Å². The monoisotopic (exact) mass is 225 g/mol. The predicted octanol–water partition coefficient (Wildman–Crippen LogP) is 1.57. The SMILES string of the molecule is Cl.Nc1ccc2c(c1)nc1n2CCOC1. The molecule has 0 unspecified atom stereocenters. The van der Waals surface area contributed by atoms with Crippen LogP contribution in [0.4, 0.5) is 5.69 Å². The number of ether oxygens (including phenoxy) is 1. The van der Waals surface area contributed by atoms with Crippen LogP contribution in [0.1, 0.15) is 5.82 Å². The zero-order chi connectivity index (χ0) is 9.54. The molecule has 0 spiro atoms. The van der Waals surface area contributed by atoms with Gasteiger partial charge in [-0.3, -0.25) is 0 Å². The molecule has 80 valence electrons. The summed E-state index contributed by atoms with van der Waals surface area (Å²) in [5.41, 5.74) is 8.57. The summed E-state index contributed by atoms with van der Waals surface area (Å²) in [7, 11) is 0. The molecule has 0 amide bonds. The summed E-state index contributed by atoms with van der Waals surface area (Å²) in [6, 6.07) is 5.83. The number of rotatable bonds is 0. The summed E-state index contributed by atoms with van der Waals surface area (Å²) in [5, 5.41) is 0. The molecule has 5 heteroatoms. The molecule has 1 aliphatic heterocycles. The summed E-state index contributed by atoms with van der Waals surface area (Å²) >= 11 is 0. The molecular weight excluding hydrogens is 214 g/mol. The molecule has 0 atom stereocenters. The first-order chi connectivity index (χ1) is 6.84. The summed E-state index contributed by atoms with van der Waals surface area (Å²) in [6.45, 7) is 2.26. The molecule has 1 aromatic heterocycles. The highest BCUT2D eigenvalue weighted by Gasteiger charge is 2.14. The largest absolute Gasteiger partial charge is 0.399 e. The van der Waals surface area contributed by atoms with Crippen molar-refractivity contribution in [3.8, 4) is 0 Å². The van der Waals surface area contributed by atoms with Crippen LogP contribution >= 0.6 is 12.4 Å². The lowest BCUT2D eigenvalue weighted by Gasteiger charge is -2.14. The number of aromatic nitrogens is 2. The second kappa shape index (κ2) is 3.72. The number of hydrogen-bond acceptors (Lipinski definition) is 3. The van der Waals surface area contributed by atoms with Crippen LogP contribution in [0.2, 0.25) is 0 Å². The summed E-state index contributed by atoms with van der Waals surface area (Å²) in [4.78, 5) is 4.47. The van der Waals surface area contributed by atoms with E-state index in [4.69, 9.17) is 10.5 Å². The zero-order valence-corrected chi connectivity index (χ0v) is 8.96. The lowest BCUT2D eigenvalue weighted by molar-refractivity contribution is 0.0830. The fourth-order valence-corrected chi connectivity index (χ4v) is 1.88. The maximum atomic E-state index is 5.70. The standard InChI is InChI=1S/C10H11N3O.ClH/c11-7-1-2-9-8(5-7)12-10-6-14-4-3-13(9)10;/h1-2,5H,3-4,6,11H2;1H. The number of fused-ring (bicyclic) bond motifs is 3. The first-order valence-corrected chi connectivity index (χ1v) is 4.67. The van der Waals surface area contributed by atoms with Crippen LogP contribution in [0.25, 0.3) is 11.0 Å². The van der Waals surface area contributed by atoms with Gasteiger partial charge in [0.05, 0.1) is 17.6 Å². The van der Waals surface area contributed by atoms with Crippen LogP contribution in [0.5, 0.6) is 0 Å². The van der Waals surface area contributed by atoms with Crippen molar-refractivity contribution in [1.29, 1.82) is 0 Å². The fourth-order valence-electron chi connectivity index (χ4n) is 1.88. The summed E-state index contributed by atoms with van der Waals surface area (Å²) in [6.07, 6.45) is 0. The van der Waals surface area contributed by atoms with Gasteiger partial charge in [-0.15, -0.1) is 12.4 Å². The molecule has 2 N–H and O–H groups in total. The fraction of sp³-hybridized carbons (Fsp3) is 0.300. The number of hydrogen-bond donors (Lipinski definition) is 1. The maximum Gasteiger partial charge on any atom is 0.136 e. The molecule has 0 bridgehead atoms. The number of nitrogens with zero attached hydrogens (tertiary/aromatic N) is 2. The topological polar surface area (TPSA) is 53.1 Å². The molecule has 0 fully saturated rings. The van der Waals surface area contributed by atoms with Gasteiger partial charge in [0.1, 0.15) is 12.4 Å². The third kappa shape index (κ3) is 1.56. The van der Waals surface area contributed by atoms with Crippen molar-refractivity contribution in [2.75, 3.05) is 12.3 Å². The molecule has 15 heavy (non-hydrogen) atoms. The first kappa shape index (κ1) is 10.3. The van der Waals surface area contributed by atoms with E-state index in [-0.39, 0.29) is 12.4 Å². The molecular formula is C10H12ClN3O. The van der Waals surface area contributed by atoms with Gasteiger partial charge in [0.25, 0.3) is 0 Å². The summed E-state index contributed by atoms with van der Waals surface area (Å²) < 4.78 is 7.53. The predicted molar refractivity (Wildman–Crippen MR) is 61.0 cm³/mol. The molecule has 0 radical (unpaired) electrons. The smallest absolute Gasteiger partial charge is 0.136 e. The molecule has 2 aromatic rings. The van der Waals surface area contributed by atoms with E-state index in [1.165, 1.54) is 0 Å². The van der Waals surface area contributed by atoms with Crippen molar-refractivity contribution >= 4 is 29.1 Å². The van der Waals surface area contributed by atoms with Crippen molar-refractivity contribution in [1.82, 2.24) is 9.55 Å². The Morgan fingerprint density at radius 2 is 2.27 bits per heavy atom. The van der Waals surface area contributed by atoms with E-state index >= 15 is 0 Å². The van der Waals surface area contributed by atoms with E-state index in [0.29, 0.717) is 6.61 Å². The van der Waals surface area contributed by atoms with Crippen LogP contribution in [0.15, 0.2) is 18.2 Å². The highest BCUT2D eigenvalue weighted by Crippen LogP contribution is 2.21. The van der Waals surface area contributed by atoms with Crippen LogP contribution < -0.4 is 5.73 Å². The Morgan fingerprint density at radius 1 is 1.40 bits per heavy atom. The Balaban J connectivity index is 0.000000853. The average molecular weight is 226 g/mol. The van der Waals surface area contributed by atoms with Gasteiger partial charge in [0.2, 0.25) is 0 Å². The molecule has 0 aliphatic carbocycles. The quantitative estimate of drug-likeness (QED) is 0.693.